The van der Waals surface area contributed by atoms with Crippen molar-refractivity contribution < 1.29 is 0 Å². The van der Waals surface area contributed by atoms with Crippen molar-refractivity contribution in [1.82, 2.24) is 14.8 Å². The van der Waals surface area contributed by atoms with Crippen LogP contribution in [0.4, 0.5) is 0 Å². The van der Waals surface area contributed by atoms with Gasteiger partial charge in [-0.05, 0) is 24.6 Å². The Morgan fingerprint density at radius 1 is 0.840 bits per heavy atom. The highest BCUT2D eigenvalue weighted by molar-refractivity contribution is 5.78. The molecule has 1 unspecified atom stereocenters. The summed E-state index contributed by atoms with van der Waals surface area (Å²) < 4.78 is 0. The van der Waals surface area contributed by atoms with Crippen molar-refractivity contribution in [3.63, 3.8) is 0 Å². The number of aromatic nitrogens is 1. The quantitative estimate of drug-likeness (QED) is 0.717. The normalized spacial score (nSPS) is 17.6. The van der Waals surface area contributed by atoms with Crippen LogP contribution in [0.2, 0.25) is 0 Å². The summed E-state index contributed by atoms with van der Waals surface area (Å²) in [4.78, 5) is 9.92. The second-order valence-corrected chi connectivity index (χ2v) is 6.89. The SMILES string of the molecule is CC(c1ccccc1)N1CCN(Cc2ccc3ccccc3n2)CC1. The van der Waals surface area contributed by atoms with Gasteiger partial charge in [0.05, 0.1) is 11.2 Å². The second-order valence-electron chi connectivity index (χ2n) is 6.89. The Morgan fingerprint density at radius 2 is 1.56 bits per heavy atom. The highest BCUT2D eigenvalue weighted by Crippen LogP contribution is 2.22. The molecule has 2 aromatic carbocycles. The van der Waals surface area contributed by atoms with E-state index in [1.165, 1.54) is 16.6 Å². The van der Waals surface area contributed by atoms with Crippen LogP contribution in [0.1, 0.15) is 24.2 Å². The van der Waals surface area contributed by atoms with E-state index in [4.69, 9.17) is 4.98 Å². The molecule has 128 valence electrons. The van der Waals surface area contributed by atoms with E-state index < -0.39 is 0 Å². The molecule has 3 heteroatoms. The average molecular weight is 331 g/mol. The number of hydrogen-bond donors (Lipinski definition) is 0. The van der Waals surface area contributed by atoms with E-state index in [0.717, 1.165) is 38.2 Å². The minimum Gasteiger partial charge on any atom is -0.295 e. The molecule has 4 rings (SSSR count). The van der Waals surface area contributed by atoms with Gasteiger partial charge in [-0.2, -0.15) is 0 Å². The van der Waals surface area contributed by atoms with Crippen molar-refractivity contribution in [3.05, 3.63) is 78.0 Å². The lowest BCUT2D eigenvalue weighted by Crippen LogP contribution is -2.46. The molecular formula is C22H25N3. The molecule has 25 heavy (non-hydrogen) atoms. The van der Waals surface area contributed by atoms with Crippen LogP contribution in [0.25, 0.3) is 10.9 Å². The molecule has 0 saturated carbocycles. The molecule has 0 aliphatic carbocycles. The predicted octanol–water partition coefficient (Wildman–Crippen LogP) is 4.11. The predicted molar refractivity (Wildman–Crippen MR) is 103 cm³/mol. The van der Waals surface area contributed by atoms with Gasteiger partial charge < -0.3 is 0 Å². The molecule has 1 aliphatic heterocycles. The third kappa shape index (κ3) is 3.73. The Hall–Kier alpha value is -2.23. The molecule has 1 atom stereocenters. The number of pyridine rings is 1. The number of para-hydroxylation sites is 1. The van der Waals surface area contributed by atoms with Crippen LogP contribution in [-0.2, 0) is 6.54 Å². The molecular weight excluding hydrogens is 306 g/mol. The first-order valence-corrected chi connectivity index (χ1v) is 9.15. The van der Waals surface area contributed by atoms with E-state index >= 15 is 0 Å². The first-order valence-electron chi connectivity index (χ1n) is 9.15. The van der Waals surface area contributed by atoms with Crippen molar-refractivity contribution in [1.29, 1.82) is 0 Å². The van der Waals surface area contributed by atoms with Gasteiger partial charge >= 0.3 is 0 Å². The topological polar surface area (TPSA) is 19.4 Å². The Labute approximate surface area is 149 Å². The summed E-state index contributed by atoms with van der Waals surface area (Å²) in [6.45, 7) is 7.69. The van der Waals surface area contributed by atoms with E-state index in [9.17, 15) is 0 Å². The lowest BCUT2D eigenvalue weighted by Gasteiger charge is -2.38. The van der Waals surface area contributed by atoms with E-state index in [1.54, 1.807) is 0 Å². The summed E-state index contributed by atoms with van der Waals surface area (Å²) in [7, 11) is 0. The summed E-state index contributed by atoms with van der Waals surface area (Å²) in [5.41, 5.74) is 3.67. The van der Waals surface area contributed by atoms with Gasteiger partial charge in [-0.25, -0.2) is 0 Å². The molecule has 1 aliphatic rings. The minimum absolute atomic E-state index is 0.488. The van der Waals surface area contributed by atoms with Gasteiger partial charge in [0, 0.05) is 44.2 Å². The van der Waals surface area contributed by atoms with Crippen LogP contribution in [0, 0.1) is 0 Å². The van der Waals surface area contributed by atoms with Gasteiger partial charge in [-0.1, -0.05) is 54.6 Å². The van der Waals surface area contributed by atoms with E-state index in [2.05, 4.69) is 83.5 Å². The van der Waals surface area contributed by atoms with Crippen molar-refractivity contribution >= 4 is 10.9 Å². The average Bonchev–Trinajstić information content (AvgIpc) is 2.69. The van der Waals surface area contributed by atoms with E-state index in [-0.39, 0.29) is 0 Å². The molecule has 2 heterocycles. The Kier molecular flexibility index (Phi) is 4.77. The van der Waals surface area contributed by atoms with Crippen LogP contribution in [0.5, 0.6) is 0 Å². The smallest absolute Gasteiger partial charge is 0.0705 e. The lowest BCUT2D eigenvalue weighted by molar-refractivity contribution is 0.0971. The molecule has 1 aromatic heterocycles. The second kappa shape index (κ2) is 7.34. The van der Waals surface area contributed by atoms with Crippen LogP contribution in [-0.4, -0.2) is 41.0 Å². The number of rotatable bonds is 4. The molecule has 0 amide bonds. The lowest BCUT2D eigenvalue weighted by atomic mass is 10.1. The molecule has 0 radical (unpaired) electrons. The number of fused-ring (bicyclic) bond motifs is 1. The molecule has 0 N–H and O–H groups in total. The summed E-state index contributed by atoms with van der Waals surface area (Å²) in [6, 6.07) is 24.0. The van der Waals surface area contributed by atoms with Gasteiger partial charge in [0.1, 0.15) is 0 Å². The van der Waals surface area contributed by atoms with Gasteiger partial charge in [0.2, 0.25) is 0 Å². The number of piperazine rings is 1. The zero-order chi connectivity index (χ0) is 17.1. The maximum absolute atomic E-state index is 4.82. The van der Waals surface area contributed by atoms with Gasteiger partial charge in [-0.3, -0.25) is 14.8 Å². The molecule has 3 nitrogen and oxygen atoms in total. The highest BCUT2D eigenvalue weighted by Gasteiger charge is 2.22. The minimum atomic E-state index is 0.488. The molecule has 3 aromatic rings. The maximum Gasteiger partial charge on any atom is 0.0705 e. The molecule has 1 fully saturated rings. The Morgan fingerprint density at radius 3 is 2.36 bits per heavy atom. The van der Waals surface area contributed by atoms with E-state index in [1.807, 2.05) is 0 Å². The van der Waals surface area contributed by atoms with Gasteiger partial charge in [0.25, 0.3) is 0 Å². The number of hydrogen-bond acceptors (Lipinski definition) is 3. The first kappa shape index (κ1) is 16.2. The van der Waals surface area contributed by atoms with Gasteiger partial charge in [-0.15, -0.1) is 0 Å². The summed E-state index contributed by atoms with van der Waals surface area (Å²) >= 11 is 0. The Bertz CT molecular complexity index is 823. The van der Waals surface area contributed by atoms with Crippen molar-refractivity contribution in [3.8, 4) is 0 Å². The number of nitrogens with zero attached hydrogens (tertiary/aromatic N) is 3. The van der Waals surface area contributed by atoms with Crippen molar-refractivity contribution in [2.24, 2.45) is 0 Å². The zero-order valence-electron chi connectivity index (χ0n) is 14.8. The standard InChI is InChI=1S/C22H25N3/c1-18(19-7-3-2-4-8-19)25-15-13-24(14-16-25)17-21-12-11-20-9-5-6-10-22(20)23-21/h2-12,18H,13-17H2,1H3. The monoisotopic (exact) mass is 331 g/mol. The van der Waals surface area contributed by atoms with Crippen LogP contribution < -0.4 is 0 Å². The summed E-state index contributed by atoms with van der Waals surface area (Å²) in [6.07, 6.45) is 0. The first-order chi connectivity index (χ1) is 12.3. The zero-order valence-corrected chi connectivity index (χ0v) is 14.8. The molecule has 0 spiro atoms. The Balaban J connectivity index is 1.36. The third-order valence-electron chi connectivity index (χ3n) is 5.28. The fraction of sp³-hybridized carbons (Fsp3) is 0.318. The highest BCUT2D eigenvalue weighted by atomic mass is 15.3. The van der Waals surface area contributed by atoms with E-state index in [0.29, 0.717) is 6.04 Å². The van der Waals surface area contributed by atoms with Crippen LogP contribution in [0.3, 0.4) is 0 Å². The van der Waals surface area contributed by atoms with Crippen LogP contribution >= 0.6 is 0 Å². The van der Waals surface area contributed by atoms with Crippen molar-refractivity contribution in [2.45, 2.75) is 19.5 Å². The van der Waals surface area contributed by atoms with Gasteiger partial charge in [0.15, 0.2) is 0 Å². The summed E-state index contributed by atoms with van der Waals surface area (Å²) in [5.74, 6) is 0. The van der Waals surface area contributed by atoms with Crippen molar-refractivity contribution in [2.75, 3.05) is 26.2 Å². The fourth-order valence-electron chi connectivity index (χ4n) is 3.68. The van der Waals surface area contributed by atoms with Crippen LogP contribution in [0.15, 0.2) is 66.7 Å². The summed E-state index contributed by atoms with van der Waals surface area (Å²) in [5, 5.41) is 1.22. The largest absolute Gasteiger partial charge is 0.295 e. The third-order valence-corrected chi connectivity index (χ3v) is 5.28. The molecule has 1 saturated heterocycles. The maximum atomic E-state index is 4.82. The fourth-order valence-corrected chi connectivity index (χ4v) is 3.68. The molecule has 0 bridgehead atoms. The number of benzene rings is 2.